The molecule has 214 valence electrons. The first-order valence-electron chi connectivity index (χ1n) is 14.5. The molecule has 1 heterocycles. The van der Waals surface area contributed by atoms with E-state index in [4.69, 9.17) is 13.7 Å². The standard InChI is InChI=1S/C32H50O5S/c1-4-30-31(5-2)37-32(36-30,27-22-25-29-23-18-17-19-24-29)26-20-15-13-11-9-7-6-8-10-12-14-16-21-28-35-38(3,33)34/h4-5,17-19,22-25,30-31H,1-2,6-16,20-21,26-28H2,3H3/b25-22+/t30-,31-/m1/s1. The Hall–Kier alpha value is -1.73. The van der Waals surface area contributed by atoms with E-state index in [2.05, 4.69) is 37.4 Å². The zero-order valence-electron chi connectivity index (χ0n) is 23.5. The van der Waals surface area contributed by atoms with Gasteiger partial charge >= 0.3 is 0 Å². The Labute approximate surface area is 232 Å². The number of rotatable bonds is 22. The quantitative estimate of drug-likeness (QED) is 0.0830. The Morgan fingerprint density at radius 2 is 1.26 bits per heavy atom. The first-order chi connectivity index (χ1) is 18.4. The average molecular weight is 547 g/mol. The van der Waals surface area contributed by atoms with Gasteiger partial charge in [-0.2, -0.15) is 8.42 Å². The maximum Gasteiger partial charge on any atom is 0.264 e. The monoisotopic (exact) mass is 546 g/mol. The number of hydrogen-bond donors (Lipinski definition) is 0. The summed E-state index contributed by atoms with van der Waals surface area (Å²) in [6.45, 7) is 8.16. The van der Waals surface area contributed by atoms with Crippen LogP contribution in [0.4, 0.5) is 0 Å². The maximum absolute atomic E-state index is 10.9. The highest BCUT2D eigenvalue weighted by atomic mass is 32.2. The molecule has 1 aliphatic heterocycles. The first-order valence-corrected chi connectivity index (χ1v) is 16.4. The fourth-order valence-electron chi connectivity index (χ4n) is 4.93. The van der Waals surface area contributed by atoms with Crippen molar-refractivity contribution in [2.45, 2.75) is 114 Å². The zero-order chi connectivity index (χ0) is 27.5. The van der Waals surface area contributed by atoms with E-state index >= 15 is 0 Å². The number of ether oxygens (including phenoxy) is 2. The topological polar surface area (TPSA) is 61.8 Å². The summed E-state index contributed by atoms with van der Waals surface area (Å²) in [5, 5.41) is 0. The molecule has 0 aliphatic carbocycles. The number of unbranched alkanes of at least 4 members (excludes halogenated alkanes) is 12. The molecule has 1 fully saturated rings. The lowest BCUT2D eigenvalue weighted by molar-refractivity contribution is -0.171. The van der Waals surface area contributed by atoms with Gasteiger partial charge in [0.2, 0.25) is 0 Å². The molecule has 2 atom stereocenters. The van der Waals surface area contributed by atoms with Crippen LogP contribution in [0.5, 0.6) is 0 Å². The molecule has 1 saturated heterocycles. The van der Waals surface area contributed by atoms with E-state index in [-0.39, 0.29) is 12.2 Å². The van der Waals surface area contributed by atoms with E-state index < -0.39 is 15.9 Å². The van der Waals surface area contributed by atoms with Crippen LogP contribution in [0.1, 0.15) is 102 Å². The Morgan fingerprint density at radius 3 is 1.74 bits per heavy atom. The van der Waals surface area contributed by atoms with Gasteiger partial charge in [-0.15, -0.1) is 13.2 Å². The largest absolute Gasteiger partial charge is 0.339 e. The lowest BCUT2D eigenvalue weighted by Gasteiger charge is -2.27. The van der Waals surface area contributed by atoms with Crippen LogP contribution in [0, 0.1) is 0 Å². The molecule has 6 heteroatoms. The van der Waals surface area contributed by atoms with E-state index in [1.54, 1.807) is 0 Å². The third-order valence-corrected chi connectivity index (χ3v) is 7.62. The highest BCUT2D eigenvalue weighted by molar-refractivity contribution is 7.85. The van der Waals surface area contributed by atoms with Gasteiger partial charge in [0.1, 0.15) is 12.2 Å². The van der Waals surface area contributed by atoms with Gasteiger partial charge in [-0.25, -0.2) is 0 Å². The van der Waals surface area contributed by atoms with Gasteiger partial charge in [-0.05, 0) is 18.4 Å². The lowest BCUT2D eigenvalue weighted by Crippen LogP contribution is -2.30. The highest BCUT2D eigenvalue weighted by Crippen LogP contribution is 2.37. The van der Waals surface area contributed by atoms with Gasteiger partial charge < -0.3 is 9.47 Å². The fraction of sp³-hybridized carbons (Fsp3) is 0.625. The van der Waals surface area contributed by atoms with Crippen molar-refractivity contribution in [3.8, 4) is 0 Å². The molecular formula is C32H50O5S. The molecule has 0 N–H and O–H groups in total. The van der Waals surface area contributed by atoms with Crippen LogP contribution < -0.4 is 0 Å². The molecule has 1 aliphatic rings. The van der Waals surface area contributed by atoms with Gasteiger partial charge in [0, 0.05) is 12.8 Å². The molecule has 0 amide bonds. The summed E-state index contributed by atoms with van der Waals surface area (Å²) >= 11 is 0. The smallest absolute Gasteiger partial charge is 0.264 e. The van der Waals surface area contributed by atoms with Crippen molar-refractivity contribution in [1.29, 1.82) is 0 Å². The number of hydrogen-bond acceptors (Lipinski definition) is 5. The summed E-state index contributed by atoms with van der Waals surface area (Å²) in [7, 11) is -3.29. The van der Waals surface area contributed by atoms with E-state index in [0.29, 0.717) is 13.0 Å². The highest BCUT2D eigenvalue weighted by Gasteiger charge is 2.44. The molecule has 0 aromatic heterocycles. The fourth-order valence-corrected chi connectivity index (χ4v) is 5.35. The second-order valence-corrected chi connectivity index (χ2v) is 12.1. The second-order valence-electron chi connectivity index (χ2n) is 10.4. The van der Waals surface area contributed by atoms with Crippen LogP contribution >= 0.6 is 0 Å². The summed E-state index contributed by atoms with van der Waals surface area (Å²) < 4.78 is 39.3. The predicted molar refractivity (Wildman–Crippen MR) is 158 cm³/mol. The Kier molecular flexibility index (Phi) is 15.8. The molecule has 38 heavy (non-hydrogen) atoms. The summed E-state index contributed by atoms with van der Waals surface area (Å²) in [5.74, 6) is -0.607. The van der Waals surface area contributed by atoms with E-state index in [1.165, 1.54) is 63.4 Å². The summed E-state index contributed by atoms with van der Waals surface area (Å²) in [5.41, 5.74) is 1.18. The van der Waals surface area contributed by atoms with Gasteiger partial charge in [0.05, 0.1) is 12.9 Å². The number of benzene rings is 1. The minimum absolute atomic E-state index is 0.147. The van der Waals surface area contributed by atoms with Crippen molar-refractivity contribution in [1.82, 2.24) is 0 Å². The molecule has 0 bridgehead atoms. The summed E-state index contributed by atoms with van der Waals surface area (Å²) in [6.07, 6.45) is 25.9. The normalized spacial score (nSPS) is 19.2. The molecule has 1 aromatic carbocycles. The lowest BCUT2D eigenvalue weighted by atomic mass is 10.0. The molecule has 1 aromatic rings. The van der Waals surface area contributed by atoms with Crippen molar-refractivity contribution in [2.75, 3.05) is 12.9 Å². The van der Waals surface area contributed by atoms with Crippen molar-refractivity contribution in [2.24, 2.45) is 0 Å². The zero-order valence-corrected chi connectivity index (χ0v) is 24.3. The third-order valence-electron chi connectivity index (χ3n) is 7.03. The summed E-state index contributed by atoms with van der Waals surface area (Å²) in [4.78, 5) is 0. The van der Waals surface area contributed by atoms with Gasteiger partial charge in [-0.1, -0.05) is 125 Å². The maximum atomic E-state index is 10.9. The predicted octanol–water partition coefficient (Wildman–Crippen LogP) is 8.38. The second kappa shape index (κ2) is 18.5. The molecule has 0 radical (unpaired) electrons. The van der Waals surface area contributed by atoms with Gasteiger partial charge in [0.25, 0.3) is 10.1 Å². The molecular weight excluding hydrogens is 496 g/mol. The Balaban J connectivity index is 1.55. The van der Waals surface area contributed by atoms with Crippen LogP contribution in [-0.4, -0.2) is 39.3 Å². The minimum atomic E-state index is -3.29. The SMILES string of the molecule is C=C[C@H]1OC(C/C=C/c2ccccc2)(CCCCCCCCCCCCCCCOS(C)(=O)=O)O[C@@H]1C=C. The van der Waals surface area contributed by atoms with Gasteiger partial charge in [0.15, 0.2) is 5.79 Å². The van der Waals surface area contributed by atoms with Crippen LogP contribution in [0.15, 0.2) is 61.7 Å². The Bertz CT molecular complexity index is 893. The van der Waals surface area contributed by atoms with E-state index in [0.717, 1.165) is 38.4 Å². The minimum Gasteiger partial charge on any atom is -0.339 e. The first kappa shape index (κ1) is 32.5. The summed E-state index contributed by atoms with van der Waals surface area (Å²) in [6, 6.07) is 10.3. The van der Waals surface area contributed by atoms with Crippen LogP contribution in [0.25, 0.3) is 6.08 Å². The molecule has 0 saturated carbocycles. The Morgan fingerprint density at radius 1 is 0.789 bits per heavy atom. The van der Waals surface area contributed by atoms with Crippen LogP contribution in [0.3, 0.4) is 0 Å². The van der Waals surface area contributed by atoms with Crippen molar-refractivity contribution in [3.63, 3.8) is 0 Å². The van der Waals surface area contributed by atoms with Crippen LogP contribution in [-0.2, 0) is 23.8 Å². The van der Waals surface area contributed by atoms with Crippen molar-refractivity contribution in [3.05, 3.63) is 67.3 Å². The third kappa shape index (κ3) is 13.9. The van der Waals surface area contributed by atoms with E-state index in [9.17, 15) is 8.42 Å². The van der Waals surface area contributed by atoms with Crippen molar-refractivity contribution >= 4 is 16.2 Å². The molecule has 0 spiro atoms. The van der Waals surface area contributed by atoms with Gasteiger partial charge in [-0.3, -0.25) is 4.18 Å². The molecule has 0 unspecified atom stereocenters. The van der Waals surface area contributed by atoms with E-state index in [1.807, 2.05) is 30.4 Å². The van der Waals surface area contributed by atoms with Crippen molar-refractivity contribution < 1.29 is 22.1 Å². The van der Waals surface area contributed by atoms with Crippen LogP contribution in [0.2, 0.25) is 0 Å². The molecule has 2 rings (SSSR count). The average Bonchev–Trinajstić information content (AvgIpc) is 3.26. The molecule has 5 nitrogen and oxygen atoms in total.